The van der Waals surface area contributed by atoms with Crippen LogP contribution in [-0.2, 0) is 37.3 Å². The zero-order valence-corrected chi connectivity index (χ0v) is 26.4. The van der Waals surface area contributed by atoms with Crippen LogP contribution in [-0.4, -0.2) is 77.9 Å². The molecule has 0 saturated carbocycles. The molecule has 0 bridgehead atoms. The van der Waals surface area contributed by atoms with E-state index in [4.69, 9.17) is 14.6 Å². The number of nitrogens with one attached hydrogen (secondary N) is 2. The highest BCUT2D eigenvalue weighted by atomic mass is 32.2. The first-order valence-corrected chi connectivity index (χ1v) is 17.0. The molecule has 4 N–H and O–H groups in total. The molecule has 1 aliphatic heterocycles. The third kappa shape index (κ3) is 9.03. The number of thiophene rings is 1. The lowest BCUT2D eigenvalue weighted by Crippen LogP contribution is -2.35. The summed E-state index contributed by atoms with van der Waals surface area (Å²) in [7, 11) is -3.77. The molecule has 0 amide bonds. The molecular formula is C28H31F3N4O7S3. The molecule has 3 aromatic heterocycles. The van der Waals surface area contributed by atoms with Gasteiger partial charge in [-0.2, -0.15) is 13.2 Å². The van der Waals surface area contributed by atoms with Crippen molar-refractivity contribution in [1.82, 2.24) is 14.9 Å². The van der Waals surface area contributed by atoms with Crippen LogP contribution < -0.4 is 4.72 Å². The van der Waals surface area contributed by atoms with Gasteiger partial charge in [0.2, 0.25) is 0 Å². The van der Waals surface area contributed by atoms with Gasteiger partial charge in [0.1, 0.15) is 9.22 Å². The van der Waals surface area contributed by atoms with Gasteiger partial charge in [0.15, 0.2) is 0 Å². The van der Waals surface area contributed by atoms with Gasteiger partial charge >= 0.3 is 18.1 Å². The number of aliphatic carboxylic acids is 2. The topological polar surface area (TPSA) is 162 Å². The Bertz CT molecular complexity index is 1730. The quantitative estimate of drug-likeness (QED) is 0.146. The zero-order chi connectivity index (χ0) is 32.8. The van der Waals surface area contributed by atoms with E-state index in [0.717, 1.165) is 46.2 Å². The molecule has 1 fully saturated rings. The molecule has 0 unspecified atom stereocenters. The van der Waals surface area contributed by atoms with E-state index in [-0.39, 0.29) is 5.92 Å². The summed E-state index contributed by atoms with van der Waals surface area (Å²) in [5.41, 5.74) is 2.75. The van der Waals surface area contributed by atoms with Crippen molar-refractivity contribution in [3.05, 3.63) is 52.3 Å². The highest BCUT2D eigenvalue weighted by molar-refractivity contribution is 7.94. The van der Waals surface area contributed by atoms with Gasteiger partial charge in [-0.1, -0.05) is 12.1 Å². The van der Waals surface area contributed by atoms with Gasteiger partial charge in [0, 0.05) is 29.6 Å². The Morgan fingerprint density at radius 1 is 1.20 bits per heavy atom. The van der Waals surface area contributed by atoms with Gasteiger partial charge < -0.3 is 19.9 Å². The second-order valence-corrected chi connectivity index (χ2v) is 14.0. The number of para-hydroxylation sites is 1. The van der Waals surface area contributed by atoms with E-state index in [0.29, 0.717) is 47.9 Å². The third-order valence-corrected chi connectivity index (χ3v) is 10.9. The fourth-order valence-corrected chi connectivity index (χ4v) is 8.15. The molecule has 0 radical (unpaired) electrons. The summed E-state index contributed by atoms with van der Waals surface area (Å²) < 4.78 is 66.8. The second-order valence-electron chi connectivity index (χ2n) is 10.1. The average molecular weight is 689 g/mol. The van der Waals surface area contributed by atoms with Gasteiger partial charge in [-0.15, -0.1) is 22.7 Å². The molecule has 0 aliphatic carbocycles. The highest BCUT2D eigenvalue weighted by Crippen LogP contribution is 2.34. The van der Waals surface area contributed by atoms with Gasteiger partial charge in [-0.3, -0.25) is 14.4 Å². The Morgan fingerprint density at radius 2 is 1.91 bits per heavy atom. The number of ether oxygens (including phenoxy) is 1. The number of thiazole rings is 1. The number of carboxylic acids is 2. The zero-order valence-electron chi connectivity index (χ0n) is 24.0. The number of anilines is 1. The SMILES string of the molecule is CCOCCc1ccsc1S(=O)(=O)Nc1cccc2cc(-c3ncc(CN4CCC(C(=O)O)CC4)s3)[nH]c12.O=C(O)C(F)(F)F. The number of aromatic amines is 1. The molecule has 0 atom stereocenters. The van der Waals surface area contributed by atoms with E-state index in [1.807, 2.05) is 37.4 Å². The molecule has 17 heteroatoms. The lowest BCUT2D eigenvalue weighted by atomic mass is 9.97. The number of carboxylic acid groups (broad SMARTS) is 2. The van der Waals surface area contributed by atoms with Crippen molar-refractivity contribution in [2.24, 2.45) is 5.92 Å². The molecule has 4 aromatic rings. The van der Waals surface area contributed by atoms with E-state index in [2.05, 4.69) is 19.6 Å². The normalized spacial score (nSPS) is 14.7. The number of nitrogens with zero attached hydrogens (tertiary/aromatic N) is 2. The van der Waals surface area contributed by atoms with Gasteiger partial charge in [0.05, 0.1) is 29.4 Å². The summed E-state index contributed by atoms with van der Waals surface area (Å²) >= 11 is 2.78. The lowest BCUT2D eigenvalue weighted by molar-refractivity contribution is -0.192. The number of H-pyrrole nitrogens is 1. The Morgan fingerprint density at radius 3 is 2.56 bits per heavy atom. The number of alkyl halides is 3. The number of sulfonamides is 1. The van der Waals surface area contributed by atoms with Crippen LogP contribution in [0, 0.1) is 5.92 Å². The number of halogens is 3. The van der Waals surface area contributed by atoms with Crippen LogP contribution in [0.25, 0.3) is 21.6 Å². The minimum absolute atomic E-state index is 0.247. The van der Waals surface area contributed by atoms with Crippen LogP contribution in [0.1, 0.15) is 30.2 Å². The Labute approximate surface area is 264 Å². The maximum Gasteiger partial charge on any atom is 0.490 e. The molecule has 1 saturated heterocycles. The number of hydrogen-bond donors (Lipinski definition) is 4. The van der Waals surface area contributed by atoms with Crippen LogP contribution in [0.15, 0.2) is 46.1 Å². The average Bonchev–Trinajstić information content (AvgIpc) is 3.74. The van der Waals surface area contributed by atoms with Crippen LogP contribution in [0.5, 0.6) is 0 Å². The Kier molecular flexibility index (Phi) is 11.2. The largest absolute Gasteiger partial charge is 0.490 e. The van der Waals surface area contributed by atoms with E-state index in [1.165, 1.54) is 11.3 Å². The first kappa shape index (κ1) is 34.4. The Hall–Kier alpha value is -3.51. The van der Waals surface area contributed by atoms with Crippen LogP contribution in [0.3, 0.4) is 0 Å². The summed E-state index contributed by atoms with van der Waals surface area (Å²) in [5, 5.41) is 19.8. The van der Waals surface area contributed by atoms with E-state index < -0.39 is 28.1 Å². The minimum Gasteiger partial charge on any atom is -0.481 e. The molecule has 0 spiro atoms. The first-order chi connectivity index (χ1) is 21.3. The smallest absolute Gasteiger partial charge is 0.481 e. The number of piperidine rings is 1. The number of hydrogen-bond acceptors (Lipinski definition) is 9. The molecule has 45 heavy (non-hydrogen) atoms. The number of carbonyl (C=O) groups is 2. The predicted octanol–water partition coefficient (Wildman–Crippen LogP) is 5.66. The summed E-state index contributed by atoms with van der Waals surface area (Å²) in [6.45, 7) is 5.24. The number of rotatable bonds is 11. The highest BCUT2D eigenvalue weighted by Gasteiger charge is 2.38. The van der Waals surface area contributed by atoms with E-state index in [1.54, 1.807) is 22.8 Å². The number of fused-ring (bicyclic) bond motifs is 1. The number of likely N-dealkylation sites (tertiary alicyclic amines) is 1. The molecular weight excluding hydrogens is 658 g/mol. The van der Waals surface area contributed by atoms with Crippen molar-refractivity contribution in [2.45, 2.75) is 43.1 Å². The Balaban J connectivity index is 0.000000591. The summed E-state index contributed by atoms with van der Waals surface area (Å²) in [5.74, 6) is -3.71. The van der Waals surface area contributed by atoms with Crippen molar-refractivity contribution in [1.29, 1.82) is 0 Å². The molecule has 1 aliphatic rings. The van der Waals surface area contributed by atoms with Crippen molar-refractivity contribution >= 4 is 61.2 Å². The maximum absolute atomic E-state index is 13.3. The lowest BCUT2D eigenvalue weighted by Gasteiger charge is -2.29. The van der Waals surface area contributed by atoms with Crippen molar-refractivity contribution in [3.8, 4) is 10.7 Å². The summed E-state index contributed by atoms with van der Waals surface area (Å²) in [4.78, 5) is 31.4. The molecule has 244 valence electrons. The maximum atomic E-state index is 13.3. The monoisotopic (exact) mass is 688 g/mol. The standard InChI is InChI=1S/C26H30N4O5S3.C2HF3O2/c1-2-35-12-8-18-9-13-36-26(18)38(33,34)29-21-5-3-4-19-14-22(28-23(19)21)24-27-15-20(37-24)16-30-10-6-17(7-11-30)25(31)32;3-2(4,5)1(6)7/h3-5,9,13-15,17,28-29H,2,6-8,10-12,16H2,1H3,(H,31,32);(H,6,7). The van der Waals surface area contributed by atoms with Gasteiger partial charge in [-0.25, -0.2) is 18.2 Å². The van der Waals surface area contributed by atoms with E-state index in [9.17, 15) is 31.5 Å². The molecule has 5 rings (SSSR count). The summed E-state index contributed by atoms with van der Waals surface area (Å²) in [6.07, 6.45) is -1.35. The summed E-state index contributed by atoms with van der Waals surface area (Å²) in [6, 6.07) is 9.33. The van der Waals surface area contributed by atoms with Crippen molar-refractivity contribution in [3.63, 3.8) is 0 Å². The molecule has 1 aromatic carbocycles. The van der Waals surface area contributed by atoms with Crippen molar-refractivity contribution < 1.29 is 46.1 Å². The number of benzene rings is 1. The fourth-order valence-electron chi connectivity index (χ4n) is 4.68. The minimum atomic E-state index is -5.08. The predicted molar refractivity (Wildman–Crippen MR) is 164 cm³/mol. The molecule has 11 nitrogen and oxygen atoms in total. The fraction of sp³-hybridized carbons (Fsp3) is 0.393. The molecule has 4 heterocycles. The third-order valence-electron chi connectivity index (χ3n) is 6.91. The first-order valence-electron chi connectivity index (χ1n) is 13.8. The van der Waals surface area contributed by atoms with E-state index >= 15 is 0 Å². The second kappa shape index (κ2) is 14.7. The van der Waals surface area contributed by atoms with Crippen LogP contribution in [0.4, 0.5) is 18.9 Å². The van der Waals surface area contributed by atoms with Crippen LogP contribution in [0.2, 0.25) is 0 Å². The van der Waals surface area contributed by atoms with Gasteiger partial charge in [0.25, 0.3) is 10.0 Å². The van der Waals surface area contributed by atoms with Gasteiger partial charge in [-0.05, 0) is 68.4 Å². The van der Waals surface area contributed by atoms with Crippen molar-refractivity contribution in [2.75, 3.05) is 31.0 Å². The van der Waals surface area contributed by atoms with Crippen LogP contribution >= 0.6 is 22.7 Å². The number of aromatic nitrogens is 2.